The van der Waals surface area contributed by atoms with E-state index < -0.39 is 0 Å². The van der Waals surface area contributed by atoms with E-state index in [0.29, 0.717) is 24.8 Å². The van der Waals surface area contributed by atoms with Gasteiger partial charge >= 0.3 is 0 Å². The molecule has 4 rings (SSSR count). The first-order chi connectivity index (χ1) is 11.6. The Labute approximate surface area is 140 Å². The van der Waals surface area contributed by atoms with Crippen molar-refractivity contribution in [2.24, 2.45) is 0 Å². The lowest BCUT2D eigenvalue weighted by Gasteiger charge is -2.35. The largest absolute Gasteiger partial charge is 0.362 e. The Morgan fingerprint density at radius 3 is 2.88 bits per heavy atom. The second-order valence-electron chi connectivity index (χ2n) is 6.66. The molecule has 1 aliphatic carbocycles. The Kier molecular flexibility index (Phi) is 3.84. The van der Waals surface area contributed by atoms with E-state index in [4.69, 9.17) is 9.26 Å². The molecule has 6 nitrogen and oxygen atoms in total. The monoisotopic (exact) mass is 327 g/mol. The third kappa shape index (κ3) is 2.82. The Bertz CT molecular complexity index is 771. The molecule has 2 heterocycles. The van der Waals surface area contributed by atoms with Gasteiger partial charge in [0.05, 0.1) is 12.6 Å². The van der Waals surface area contributed by atoms with Gasteiger partial charge in [0, 0.05) is 12.1 Å². The molecule has 0 saturated carbocycles. The summed E-state index contributed by atoms with van der Waals surface area (Å²) >= 11 is 0. The van der Waals surface area contributed by atoms with E-state index in [1.165, 1.54) is 17.5 Å². The second kappa shape index (κ2) is 6.02. The maximum Gasteiger partial charge on any atom is 0.257 e. The number of carbonyl (C=O) groups is 1. The normalized spacial score (nSPS) is 23.3. The highest BCUT2D eigenvalue weighted by molar-refractivity contribution is 5.94. The van der Waals surface area contributed by atoms with Gasteiger partial charge in [-0.1, -0.05) is 11.2 Å². The fourth-order valence-electron chi connectivity index (χ4n) is 3.59. The Hall–Kier alpha value is -2.21. The van der Waals surface area contributed by atoms with Crippen molar-refractivity contribution in [1.82, 2.24) is 15.0 Å². The lowest BCUT2D eigenvalue weighted by atomic mass is 10.0. The number of carbonyl (C=O) groups excluding carboxylic acids is 1. The number of hydrogen-bond donors (Lipinski definition) is 0. The van der Waals surface area contributed by atoms with Crippen LogP contribution in [0.3, 0.4) is 0 Å². The number of ether oxygens (including phenoxy) is 1. The minimum Gasteiger partial charge on any atom is -0.362 e. The SMILES string of the molecule is Cc1noc([C@H]2CN(C(=O)c3ccc4c(c3)CCC4)C[C@@H](C)O2)n1. The average molecular weight is 327 g/mol. The molecule has 0 bridgehead atoms. The summed E-state index contributed by atoms with van der Waals surface area (Å²) < 4.78 is 11.1. The van der Waals surface area contributed by atoms with Crippen LogP contribution in [0.2, 0.25) is 0 Å². The van der Waals surface area contributed by atoms with Crippen LogP contribution in [0.1, 0.15) is 52.6 Å². The maximum absolute atomic E-state index is 12.9. The Balaban J connectivity index is 1.55. The van der Waals surface area contributed by atoms with Crippen LogP contribution < -0.4 is 0 Å². The second-order valence-corrected chi connectivity index (χ2v) is 6.66. The van der Waals surface area contributed by atoms with Gasteiger partial charge in [0.2, 0.25) is 0 Å². The smallest absolute Gasteiger partial charge is 0.257 e. The number of aromatic nitrogens is 2. The van der Waals surface area contributed by atoms with Gasteiger partial charge in [0.1, 0.15) is 0 Å². The molecule has 126 valence electrons. The first kappa shape index (κ1) is 15.3. The number of aryl methyl sites for hydroxylation is 3. The average Bonchev–Trinajstić information content (AvgIpc) is 3.21. The van der Waals surface area contributed by atoms with E-state index in [1.807, 2.05) is 17.9 Å². The molecule has 0 N–H and O–H groups in total. The minimum absolute atomic E-state index is 0.0427. The summed E-state index contributed by atoms with van der Waals surface area (Å²) in [5.41, 5.74) is 3.44. The molecular weight excluding hydrogens is 306 g/mol. The van der Waals surface area contributed by atoms with Crippen molar-refractivity contribution < 1.29 is 14.1 Å². The maximum atomic E-state index is 12.9. The van der Waals surface area contributed by atoms with E-state index >= 15 is 0 Å². The highest BCUT2D eigenvalue weighted by atomic mass is 16.5. The first-order valence-corrected chi connectivity index (χ1v) is 8.47. The van der Waals surface area contributed by atoms with Crippen molar-refractivity contribution in [3.8, 4) is 0 Å². The number of amides is 1. The van der Waals surface area contributed by atoms with Crippen molar-refractivity contribution >= 4 is 5.91 Å². The number of rotatable bonds is 2. The van der Waals surface area contributed by atoms with Crippen molar-refractivity contribution in [2.75, 3.05) is 13.1 Å². The van der Waals surface area contributed by atoms with Crippen molar-refractivity contribution in [2.45, 2.75) is 45.3 Å². The Morgan fingerprint density at radius 1 is 1.25 bits per heavy atom. The van der Waals surface area contributed by atoms with E-state index in [0.717, 1.165) is 18.4 Å². The standard InChI is InChI=1S/C18H21N3O3/c1-11-9-21(10-16(23-11)17-19-12(2)20-24-17)18(22)15-7-6-13-4-3-5-14(13)8-15/h6-8,11,16H,3-5,9-10H2,1-2H3/t11-,16-/m1/s1. The lowest BCUT2D eigenvalue weighted by molar-refractivity contribution is -0.0810. The van der Waals surface area contributed by atoms with Crippen LogP contribution in [0.25, 0.3) is 0 Å². The Morgan fingerprint density at radius 2 is 2.08 bits per heavy atom. The molecule has 1 saturated heterocycles. The van der Waals surface area contributed by atoms with E-state index in [9.17, 15) is 4.79 Å². The highest BCUT2D eigenvalue weighted by Crippen LogP contribution is 2.27. The third-order valence-corrected chi connectivity index (χ3v) is 4.71. The molecule has 0 unspecified atom stereocenters. The van der Waals surface area contributed by atoms with Crippen LogP contribution in [0.15, 0.2) is 22.7 Å². The summed E-state index contributed by atoms with van der Waals surface area (Å²) in [7, 11) is 0. The van der Waals surface area contributed by atoms with Gasteiger partial charge < -0.3 is 14.2 Å². The molecule has 24 heavy (non-hydrogen) atoms. The fraction of sp³-hybridized carbons (Fsp3) is 0.500. The molecular formula is C18H21N3O3. The number of nitrogens with zero attached hydrogens (tertiary/aromatic N) is 3. The van der Waals surface area contributed by atoms with Gasteiger partial charge in [-0.05, 0) is 56.4 Å². The predicted octanol–water partition coefficient (Wildman–Crippen LogP) is 2.47. The molecule has 1 fully saturated rings. The van der Waals surface area contributed by atoms with Crippen LogP contribution in [-0.2, 0) is 17.6 Å². The number of benzene rings is 1. The molecule has 2 atom stereocenters. The van der Waals surface area contributed by atoms with E-state index in [1.54, 1.807) is 6.92 Å². The summed E-state index contributed by atoms with van der Waals surface area (Å²) in [4.78, 5) is 19.0. The van der Waals surface area contributed by atoms with Crippen LogP contribution in [0.5, 0.6) is 0 Å². The van der Waals surface area contributed by atoms with Gasteiger partial charge in [0.15, 0.2) is 11.9 Å². The van der Waals surface area contributed by atoms with Crippen molar-refractivity contribution in [3.63, 3.8) is 0 Å². The van der Waals surface area contributed by atoms with E-state index in [2.05, 4.69) is 22.3 Å². The van der Waals surface area contributed by atoms with Gasteiger partial charge in [-0.25, -0.2) is 0 Å². The molecule has 0 radical (unpaired) electrons. The number of hydrogen-bond acceptors (Lipinski definition) is 5. The molecule has 1 amide bonds. The summed E-state index contributed by atoms with van der Waals surface area (Å²) in [6.45, 7) is 4.73. The van der Waals surface area contributed by atoms with Gasteiger partial charge in [-0.15, -0.1) is 0 Å². The van der Waals surface area contributed by atoms with Crippen LogP contribution in [0, 0.1) is 6.92 Å². The van der Waals surface area contributed by atoms with Gasteiger partial charge in [-0.3, -0.25) is 4.79 Å². The molecule has 1 aliphatic heterocycles. The molecule has 1 aromatic heterocycles. The van der Waals surface area contributed by atoms with Crippen LogP contribution in [0.4, 0.5) is 0 Å². The van der Waals surface area contributed by atoms with Crippen molar-refractivity contribution in [3.05, 3.63) is 46.6 Å². The zero-order valence-electron chi connectivity index (χ0n) is 14.0. The van der Waals surface area contributed by atoms with Gasteiger partial charge in [0.25, 0.3) is 11.8 Å². The topological polar surface area (TPSA) is 68.5 Å². The summed E-state index contributed by atoms with van der Waals surface area (Å²) in [6.07, 6.45) is 2.93. The van der Waals surface area contributed by atoms with Crippen LogP contribution >= 0.6 is 0 Å². The molecule has 1 aromatic carbocycles. The van der Waals surface area contributed by atoms with Crippen LogP contribution in [-0.4, -0.2) is 40.1 Å². The highest BCUT2D eigenvalue weighted by Gasteiger charge is 2.33. The number of fused-ring (bicyclic) bond motifs is 1. The third-order valence-electron chi connectivity index (χ3n) is 4.71. The first-order valence-electron chi connectivity index (χ1n) is 8.47. The molecule has 2 aromatic rings. The summed E-state index contributed by atoms with van der Waals surface area (Å²) in [5, 5.41) is 3.81. The zero-order chi connectivity index (χ0) is 16.7. The molecule has 6 heteroatoms. The van der Waals surface area contributed by atoms with Gasteiger partial charge in [-0.2, -0.15) is 4.98 Å². The minimum atomic E-state index is -0.367. The molecule has 0 spiro atoms. The zero-order valence-corrected chi connectivity index (χ0v) is 14.0. The summed E-state index contributed by atoms with van der Waals surface area (Å²) in [6, 6.07) is 6.09. The molecule has 2 aliphatic rings. The lowest BCUT2D eigenvalue weighted by Crippen LogP contribution is -2.46. The summed E-state index contributed by atoms with van der Waals surface area (Å²) in [5.74, 6) is 1.05. The quantitative estimate of drug-likeness (QED) is 0.847. The number of morpholine rings is 1. The fourth-order valence-corrected chi connectivity index (χ4v) is 3.59. The predicted molar refractivity (Wildman–Crippen MR) is 86.7 cm³/mol. The van der Waals surface area contributed by atoms with Crippen molar-refractivity contribution in [1.29, 1.82) is 0 Å². The van der Waals surface area contributed by atoms with E-state index in [-0.39, 0.29) is 18.1 Å².